The summed E-state index contributed by atoms with van der Waals surface area (Å²) in [7, 11) is 0. The van der Waals surface area contributed by atoms with E-state index in [1.54, 1.807) is 23.0 Å². The average Bonchev–Trinajstić information content (AvgIpc) is 2.84. The van der Waals surface area contributed by atoms with Crippen LogP contribution in [0.2, 0.25) is 5.15 Å². The molecule has 0 unspecified atom stereocenters. The fraction of sp³-hybridized carbons (Fsp3) is 0.250. The molecule has 6 heteroatoms. The maximum atomic E-state index is 11.8. The average molecular weight is 265 g/mol. The van der Waals surface area contributed by atoms with Gasteiger partial charge in [0, 0.05) is 18.9 Å². The highest BCUT2D eigenvalue weighted by Crippen LogP contribution is 2.11. The van der Waals surface area contributed by atoms with Crippen molar-refractivity contribution < 1.29 is 4.79 Å². The molecule has 0 aliphatic carbocycles. The van der Waals surface area contributed by atoms with E-state index in [1.165, 1.54) is 0 Å². The van der Waals surface area contributed by atoms with E-state index in [2.05, 4.69) is 15.4 Å². The second kappa shape index (κ2) is 5.64. The normalized spacial score (nSPS) is 10.3. The maximum Gasteiger partial charge on any atom is 0.254 e. The molecule has 94 valence electrons. The molecule has 2 aromatic heterocycles. The first-order valence-corrected chi connectivity index (χ1v) is 5.99. The quantitative estimate of drug-likeness (QED) is 0.858. The van der Waals surface area contributed by atoms with Crippen LogP contribution in [0.1, 0.15) is 23.0 Å². The van der Waals surface area contributed by atoms with Crippen LogP contribution >= 0.6 is 11.6 Å². The highest BCUT2D eigenvalue weighted by molar-refractivity contribution is 6.32. The lowest BCUT2D eigenvalue weighted by Gasteiger charge is -2.04. The first-order chi connectivity index (χ1) is 8.70. The Hall–Kier alpha value is -1.88. The summed E-state index contributed by atoms with van der Waals surface area (Å²) in [6.45, 7) is 3.18. The summed E-state index contributed by atoms with van der Waals surface area (Å²) >= 11 is 5.84. The van der Waals surface area contributed by atoms with Crippen LogP contribution in [-0.4, -0.2) is 20.7 Å². The van der Waals surface area contributed by atoms with Crippen LogP contribution in [0, 0.1) is 0 Å². The van der Waals surface area contributed by atoms with Crippen molar-refractivity contribution >= 4 is 17.5 Å². The first kappa shape index (κ1) is 12.6. The van der Waals surface area contributed by atoms with Crippen molar-refractivity contribution in [1.29, 1.82) is 0 Å². The summed E-state index contributed by atoms with van der Waals surface area (Å²) in [6.07, 6.45) is 3.42. The maximum absolute atomic E-state index is 11.8. The molecule has 0 radical (unpaired) electrons. The van der Waals surface area contributed by atoms with Crippen LogP contribution < -0.4 is 5.32 Å². The number of amides is 1. The third kappa shape index (κ3) is 2.87. The Morgan fingerprint density at radius 3 is 3.00 bits per heavy atom. The number of carbonyl (C=O) groups is 1. The van der Waals surface area contributed by atoms with Gasteiger partial charge in [0.05, 0.1) is 17.8 Å². The van der Waals surface area contributed by atoms with E-state index in [0.29, 0.717) is 12.1 Å². The summed E-state index contributed by atoms with van der Waals surface area (Å²) < 4.78 is 1.80. The fourth-order valence-corrected chi connectivity index (χ4v) is 1.70. The minimum atomic E-state index is -0.251. The molecule has 0 aliphatic rings. The van der Waals surface area contributed by atoms with Crippen molar-refractivity contribution in [1.82, 2.24) is 20.1 Å². The van der Waals surface area contributed by atoms with Gasteiger partial charge in [-0.05, 0) is 25.1 Å². The number of hydrogen-bond donors (Lipinski definition) is 1. The molecule has 2 rings (SSSR count). The molecule has 0 aromatic carbocycles. The number of carbonyl (C=O) groups excluding carboxylic acids is 1. The van der Waals surface area contributed by atoms with Gasteiger partial charge in [-0.3, -0.25) is 9.48 Å². The van der Waals surface area contributed by atoms with Crippen molar-refractivity contribution in [2.24, 2.45) is 0 Å². The Kier molecular flexibility index (Phi) is 3.94. The number of nitrogens with zero attached hydrogens (tertiary/aromatic N) is 3. The van der Waals surface area contributed by atoms with Gasteiger partial charge in [-0.15, -0.1) is 0 Å². The molecule has 0 aliphatic heterocycles. The minimum Gasteiger partial charge on any atom is -0.346 e. The van der Waals surface area contributed by atoms with Gasteiger partial charge >= 0.3 is 0 Å². The number of halogens is 1. The molecule has 1 N–H and O–H groups in total. The Balaban J connectivity index is 1.98. The standard InChI is InChI=1S/C12H13ClN4O/c1-2-17-7-5-9(16-17)8-15-12(18)10-4-3-6-14-11(10)13/h3-7H,2,8H2,1H3,(H,15,18). The summed E-state index contributed by atoms with van der Waals surface area (Å²) in [6, 6.07) is 5.18. The van der Waals surface area contributed by atoms with E-state index < -0.39 is 0 Å². The van der Waals surface area contributed by atoms with Gasteiger partial charge in [0.15, 0.2) is 0 Å². The molecule has 0 atom stereocenters. The van der Waals surface area contributed by atoms with Gasteiger partial charge in [-0.25, -0.2) is 4.98 Å². The Morgan fingerprint density at radius 2 is 2.33 bits per heavy atom. The summed E-state index contributed by atoms with van der Waals surface area (Å²) in [4.78, 5) is 15.7. The molecule has 0 saturated carbocycles. The Bertz CT molecular complexity index is 553. The first-order valence-electron chi connectivity index (χ1n) is 5.61. The number of aromatic nitrogens is 3. The molecule has 0 bridgehead atoms. The lowest BCUT2D eigenvalue weighted by Crippen LogP contribution is -2.23. The van der Waals surface area contributed by atoms with Crippen LogP contribution in [-0.2, 0) is 13.1 Å². The number of nitrogens with one attached hydrogen (secondary N) is 1. The van der Waals surface area contributed by atoms with Crippen molar-refractivity contribution in [3.8, 4) is 0 Å². The molecule has 18 heavy (non-hydrogen) atoms. The SMILES string of the molecule is CCn1ccc(CNC(=O)c2cccnc2Cl)n1. The second-order valence-corrected chi connectivity index (χ2v) is 4.05. The number of hydrogen-bond acceptors (Lipinski definition) is 3. The molecule has 0 spiro atoms. The smallest absolute Gasteiger partial charge is 0.254 e. The number of aryl methyl sites for hydroxylation is 1. The predicted molar refractivity (Wildman–Crippen MR) is 68.3 cm³/mol. The third-order valence-electron chi connectivity index (χ3n) is 2.45. The van der Waals surface area contributed by atoms with Crippen LogP contribution in [0.25, 0.3) is 0 Å². The molecule has 2 aromatic rings. The van der Waals surface area contributed by atoms with Gasteiger partial charge in [0.2, 0.25) is 0 Å². The second-order valence-electron chi connectivity index (χ2n) is 3.69. The van der Waals surface area contributed by atoms with Gasteiger partial charge in [-0.2, -0.15) is 5.10 Å². The zero-order valence-electron chi connectivity index (χ0n) is 9.93. The van der Waals surface area contributed by atoms with Gasteiger partial charge < -0.3 is 5.32 Å². The largest absolute Gasteiger partial charge is 0.346 e. The van der Waals surface area contributed by atoms with E-state index in [-0.39, 0.29) is 11.1 Å². The third-order valence-corrected chi connectivity index (χ3v) is 2.75. The van der Waals surface area contributed by atoms with Gasteiger partial charge in [0.25, 0.3) is 5.91 Å². The van der Waals surface area contributed by atoms with E-state index in [0.717, 1.165) is 12.2 Å². The van der Waals surface area contributed by atoms with Crippen molar-refractivity contribution in [3.05, 3.63) is 47.0 Å². The van der Waals surface area contributed by atoms with Crippen molar-refractivity contribution in [2.75, 3.05) is 0 Å². The van der Waals surface area contributed by atoms with E-state index in [9.17, 15) is 4.79 Å². The highest BCUT2D eigenvalue weighted by atomic mass is 35.5. The summed E-state index contributed by atoms with van der Waals surface area (Å²) in [5.41, 5.74) is 1.18. The molecule has 1 amide bonds. The Morgan fingerprint density at radius 1 is 1.50 bits per heavy atom. The fourth-order valence-electron chi connectivity index (χ4n) is 1.50. The highest BCUT2D eigenvalue weighted by Gasteiger charge is 2.10. The van der Waals surface area contributed by atoms with Crippen LogP contribution in [0.3, 0.4) is 0 Å². The number of pyridine rings is 1. The molecule has 2 heterocycles. The van der Waals surface area contributed by atoms with E-state index >= 15 is 0 Å². The lowest BCUT2D eigenvalue weighted by atomic mass is 10.2. The van der Waals surface area contributed by atoms with Crippen molar-refractivity contribution in [3.63, 3.8) is 0 Å². The Labute approximate surface area is 110 Å². The van der Waals surface area contributed by atoms with E-state index in [1.807, 2.05) is 19.2 Å². The predicted octanol–water partition coefficient (Wildman–Crippen LogP) is 1.88. The zero-order valence-corrected chi connectivity index (χ0v) is 10.7. The molecule has 0 saturated heterocycles. The summed E-state index contributed by atoms with van der Waals surface area (Å²) in [5, 5.41) is 7.23. The topological polar surface area (TPSA) is 59.8 Å². The zero-order chi connectivity index (χ0) is 13.0. The minimum absolute atomic E-state index is 0.203. The van der Waals surface area contributed by atoms with Crippen LogP contribution in [0.15, 0.2) is 30.6 Å². The van der Waals surface area contributed by atoms with Gasteiger partial charge in [-0.1, -0.05) is 11.6 Å². The summed E-state index contributed by atoms with van der Waals surface area (Å²) in [5.74, 6) is -0.251. The molecular weight excluding hydrogens is 252 g/mol. The molecule has 0 fully saturated rings. The van der Waals surface area contributed by atoms with E-state index in [4.69, 9.17) is 11.6 Å². The van der Waals surface area contributed by atoms with Crippen molar-refractivity contribution in [2.45, 2.75) is 20.0 Å². The van der Waals surface area contributed by atoms with Crippen LogP contribution in [0.5, 0.6) is 0 Å². The molecular formula is C12H13ClN4O. The van der Waals surface area contributed by atoms with Crippen LogP contribution in [0.4, 0.5) is 0 Å². The number of rotatable bonds is 4. The lowest BCUT2D eigenvalue weighted by molar-refractivity contribution is 0.0950. The molecule has 5 nitrogen and oxygen atoms in total. The van der Waals surface area contributed by atoms with Gasteiger partial charge in [0.1, 0.15) is 5.15 Å². The monoisotopic (exact) mass is 264 g/mol.